The first-order valence-corrected chi connectivity index (χ1v) is 12.5. The van der Waals surface area contributed by atoms with Gasteiger partial charge in [-0.25, -0.2) is 4.79 Å². The fourth-order valence-electron chi connectivity index (χ4n) is 4.72. The number of carbonyl (C=O) groups is 2. The first-order valence-electron chi connectivity index (χ1n) is 11.6. The van der Waals surface area contributed by atoms with Gasteiger partial charge in [0.2, 0.25) is 0 Å². The van der Waals surface area contributed by atoms with Gasteiger partial charge < -0.3 is 19.5 Å². The number of nitrogens with one attached hydrogen (secondary N) is 1. The maximum atomic E-state index is 13.6. The van der Waals surface area contributed by atoms with Crippen LogP contribution in [0.4, 0.5) is 0 Å². The number of hydrogen-bond donors (Lipinski definition) is 1. The van der Waals surface area contributed by atoms with Crippen molar-refractivity contribution in [2.45, 2.75) is 58.0 Å². The lowest BCUT2D eigenvalue weighted by Gasteiger charge is -2.36. The van der Waals surface area contributed by atoms with Crippen LogP contribution in [0.15, 0.2) is 58.3 Å². The van der Waals surface area contributed by atoms with Crippen molar-refractivity contribution in [3.8, 4) is 11.5 Å². The van der Waals surface area contributed by atoms with Gasteiger partial charge in [0.25, 0.3) is 0 Å². The molecular formula is C27H31NO5S. The second kappa shape index (κ2) is 10.1. The predicted octanol–water partition coefficient (Wildman–Crippen LogP) is 5.47. The minimum atomic E-state index is -0.411. The number of benzene rings is 1. The van der Waals surface area contributed by atoms with Crippen LogP contribution in [-0.2, 0) is 14.3 Å². The van der Waals surface area contributed by atoms with Gasteiger partial charge >= 0.3 is 5.97 Å². The number of esters is 1. The molecule has 2 aromatic rings. The molecule has 0 saturated heterocycles. The molecule has 0 unspecified atom stereocenters. The van der Waals surface area contributed by atoms with Crippen molar-refractivity contribution >= 4 is 23.1 Å². The Bertz CT molecular complexity index is 1150. The van der Waals surface area contributed by atoms with Crippen LogP contribution in [0.3, 0.4) is 0 Å². The van der Waals surface area contributed by atoms with Gasteiger partial charge in [0, 0.05) is 28.3 Å². The molecule has 3 atom stereocenters. The number of carbonyl (C=O) groups excluding carboxylic acids is 2. The van der Waals surface area contributed by atoms with Crippen molar-refractivity contribution in [3.63, 3.8) is 0 Å². The quantitative estimate of drug-likeness (QED) is 0.529. The molecule has 1 aromatic heterocycles. The van der Waals surface area contributed by atoms with Crippen LogP contribution in [-0.4, -0.2) is 32.1 Å². The minimum Gasteiger partial charge on any atom is -0.493 e. The van der Waals surface area contributed by atoms with Crippen LogP contribution in [0, 0.1) is 0 Å². The molecule has 1 aliphatic heterocycles. The molecule has 1 N–H and O–H groups in total. The third-order valence-electron chi connectivity index (χ3n) is 6.64. The average Bonchev–Trinajstić information content (AvgIpc) is 3.37. The molecule has 7 heteroatoms. The Morgan fingerprint density at radius 1 is 1.18 bits per heavy atom. The highest BCUT2D eigenvalue weighted by Gasteiger charge is 2.42. The van der Waals surface area contributed by atoms with Gasteiger partial charge in [-0.05, 0) is 61.7 Å². The van der Waals surface area contributed by atoms with Crippen molar-refractivity contribution in [2.75, 3.05) is 14.2 Å². The van der Waals surface area contributed by atoms with Gasteiger partial charge in [-0.2, -0.15) is 0 Å². The second-order valence-electron chi connectivity index (χ2n) is 8.77. The van der Waals surface area contributed by atoms with Crippen molar-refractivity contribution in [1.29, 1.82) is 0 Å². The summed E-state index contributed by atoms with van der Waals surface area (Å²) in [6.45, 7) is 5.76. The number of methoxy groups -OCH3 is 2. The van der Waals surface area contributed by atoms with Crippen molar-refractivity contribution in [3.05, 3.63) is 68.7 Å². The van der Waals surface area contributed by atoms with Crippen LogP contribution < -0.4 is 14.8 Å². The molecule has 1 aliphatic carbocycles. The summed E-state index contributed by atoms with van der Waals surface area (Å²) in [6.07, 6.45) is 1.58. The van der Waals surface area contributed by atoms with Gasteiger partial charge in [-0.3, -0.25) is 4.79 Å². The summed E-state index contributed by atoms with van der Waals surface area (Å²) >= 11 is 1.55. The molecule has 34 heavy (non-hydrogen) atoms. The standard InChI is InChI=1S/C27H31NO5S/c1-6-15(2)33-27(30)24-16(3)28-19-12-18(17-9-10-21(31-4)22(14-17)32-5)13-20(29)25(19)26(24)23-8-7-11-34-23/h7-11,14-15,18,26,28H,6,12-13H2,1-5H3/t15-,18+,26-/m0/s1. The van der Waals surface area contributed by atoms with Gasteiger partial charge in [-0.1, -0.05) is 19.1 Å². The summed E-state index contributed by atoms with van der Waals surface area (Å²) in [7, 11) is 3.21. The largest absolute Gasteiger partial charge is 0.493 e. The molecule has 2 heterocycles. The number of hydrogen-bond acceptors (Lipinski definition) is 7. The Labute approximate surface area is 204 Å². The van der Waals surface area contributed by atoms with Crippen LogP contribution in [0.25, 0.3) is 0 Å². The second-order valence-corrected chi connectivity index (χ2v) is 9.75. The number of Topliss-reactive ketones (excluding diaryl/α,β-unsaturated/α-hetero) is 1. The van der Waals surface area contributed by atoms with Crippen LogP contribution >= 0.6 is 11.3 Å². The average molecular weight is 482 g/mol. The first kappa shape index (κ1) is 24.1. The van der Waals surface area contributed by atoms with E-state index in [1.54, 1.807) is 25.6 Å². The summed E-state index contributed by atoms with van der Waals surface area (Å²) in [5.41, 5.74) is 3.86. The summed E-state index contributed by atoms with van der Waals surface area (Å²) in [4.78, 5) is 27.8. The van der Waals surface area contributed by atoms with E-state index >= 15 is 0 Å². The highest BCUT2D eigenvalue weighted by atomic mass is 32.1. The molecule has 0 spiro atoms. The number of thiophene rings is 1. The van der Waals surface area contributed by atoms with Crippen molar-refractivity contribution in [1.82, 2.24) is 5.32 Å². The lowest BCUT2D eigenvalue weighted by molar-refractivity contribution is -0.143. The van der Waals surface area contributed by atoms with E-state index in [2.05, 4.69) is 5.32 Å². The number of rotatable bonds is 7. The Morgan fingerprint density at radius 3 is 2.59 bits per heavy atom. The van der Waals surface area contributed by atoms with Gasteiger partial charge in [0.15, 0.2) is 17.3 Å². The maximum absolute atomic E-state index is 13.6. The minimum absolute atomic E-state index is 0.00366. The molecule has 6 nitrogen and oxygen atoms in total. The highest BCUT2D eigenvalue weighted by molar-refractivity contribution is 7.10. The monoisotopic (exact) mass is 481 g/mol. The van der Waals surface area contributed by atoms with Gasteiger partial charge in [0.05, 0.1) is 31.8 Å². The van der Waals surface area contributed by atoms with E-state index in [0.29, 0.717) is 35.5 Å². The topological polar surface area (TPSA) is 73.9 Å². The fraction of sp³-hybridized carbons (Fsp3) is 0.407. The number of ketones is 1. The van der Waals surface area contributed by atoms with Crippen molar-refractivity contribution < 1.29 is 23.8 Å². The fourth-order valence-corrected chi connectivity index (χ4v) is 5.56. The highest BCUT2D eigenvalue weighted by Crippen LogP contribution is 2.47. The zero-order valence-electron chi connectivity index (χ0n) is 20.3. The van der Waals surface area contributed by atoms with Crippen LogP contribution in [0.2, 0.25) is 0 Å². The molecular weight excluding hydrogens is 450 g/mol. The molecule has 0 bridgehead atoms. The molecule has 0 fully saturated rings. The van der Waals surface area contributed by atoms with E-state index in [1.807, 2.05) is 56.5 Å². The summed E-state index contributed by atoms with van der Waals surface area (Å²) in [5, 5.41) is 5.38. The first-order chi connectivity index (χ1) is 16.4. The lowest BCUT2D eigenvalue weighted by atomic mass is 9.73. The SMILES string of the molecule is CC[C@H](C)OC(=O)C1=C(C)NC2=C(C(=O)C[C@H](c3ccc(OC)c(OC)c3)C2)[C@H]1c1cccs1. The predicted molar refractivity (Wildman–Crippen MR) is 132 cm³/mol. The third kappa shape index (κ3) is 4.49. The number of ether oxygens (including phenoxy) is 3. The molecule has 1 aromatic carbocycles. The molecule has 4 rings (SSSR count). The Hall–Kier alpha value is -3.06. The molecule has 0 saturated carbocycles. The summed E-state index contributed by atoms with van der Waals surface area (Å²) in [5.74, 6) is 0.583. The lowest BCUT2D eigenvalue weighted by Crippen LogP contribution is -2.36. The summed E-state index contributed by atoms with van der Waals surface area (Å²) < 4.78 is 16.5. The van der Waals surface area contributed by atoms with Crippen LogP contribution in [0.1, 0.15) is 62.3 Å². The zero-order chi connectivity index (χ0) is 24.4. The van der Waals surface area contributed by atoms with E-state index in [0.717, 1.165) is 28.3 Å². The van der Waals surface area contributed by atoms with Crippen molar-refractivity contribution in [2.24, 2.45) is 0 Å². The maximum Gasteiger partial charge on any atom is 0.337 e. The molecule has 0 amide bonds. The smallest absolute Gasteiger partial charge is 0.337 e. The molecule has 180 valence electrons. The Kier molecular flexibility index (Phi) is 7.12. The van der Waals surface area contributed by atoms with E-state index in [-0.39, 0.29) is 23.8 Å². The third-order valence-corrected chi connectivity index (χ3v) is 7.57. The van der Waals surface area contributed by atoms with E-state index in [9.17, 15) is 9.59 Å². The molecule has 2 aliphatic rings. The van der Waals surface area contributed by atoms with E-state index in [4.69, 9.17) is 14.2 Å². The Balaban J connectivity index is 1.72. The number of allylic oxidation sites excluding steroid dienone is 3. The van der Waals surface area contributed by atoms with E-state index in [1.165, 1.54) is 0 Å². The Morgan fingerprint density at radius 2 is 1.94 bits per heavy atom. The van der Waals surface area contributed by atoms with Crippen LogP contribution in [0.5, 0.6) is 11.5 Å². The number of dihydropyridines is 1. The normalized spacial score (nSPS) is 21.0. The zero-order valence-corrected chi connectivity index (χ0v) is 21.1. The van der Waals surface area contributed by atoms with E-state index < -0.39 is 5.92 Å². The molecule has 0 radical (unpaired) electrons. The summed E-state index contributed by atoms with van der Waals surface area (Å²) in [6, 6.07) is 9.75. The van der Waals surface area contributed by atoms with Gasteiger partial charge in [0.1, 0.15) is 0 Å². The van der Waals surface area contributed by atoms with Gasteiger partial charge in [-0.15, -0.1) is 11.3 Å².